The molecule has 2 atom stereocenters. The molecule has 0 rings (SSSR count). The summed E-state index contributed by atoms with van der Waals surface area (Å²) in [6.45, 7) is 6.44. The quantitative estimate of drug-likeness (QED) is 0.645. The van der Waals surface area contributed by atoms with E-state index in [2.05, 4.69) is 41.7 Å². The molecule has 3 heteroatoms. The Bertz CT molecular complexity index is 119. The Morgan fingerprint density at radius 3 is 2.38 bits per heavy atom. The highest BCUT2D eigenvalue weighted by Gasteiger charge is 2.08. The number of rotatable bonds is 7. The smallest absolute Gasteiger partial charge is 0.0477 e. The molecule has 0 aromatic rings. The lowest BCUT2D eigenvalue weighted by Gasteiger charge is -2.24. The van der Waals surface area contributed by atoms with E-state index in [4.69, 9.17) is 4.74 Å². The Morgan fingerprint density at radius 1 is 1.31 bits per heavy atom. The van der Waals surface area contributed by atoms with Gasteiger partial charge < -0.3 is 9.64 Å². The van der Waals surface area contributed by atoms with Gasteiger partial charge in [0.15, 0.2) is 0 Å². The van der Waals surface area contributed by atoms with E-state index in [0.29, 0.717) is 10.9 Å². The zero-order chi connectivity index (χ0) is 10.3. The summed E-state index contributed by atoms with van der Waals surface area (Å²) in [7, 11) is 3.93. The molecule has 0 aromatic carbocycles. The molecular formula is C10H22BrNO. The minimum absolute atomic E-state index is 0.615. The van der Waals surface area contributed by atoms with Gasteiger partial charge in [-0.3, -0.25) is 0 Å². The van der Waals surface area contributed by atoms with Gasteiger partial charge in [-0.1, -0.05) is 22.9 Å². The Kier molecular flexibility index (Phi) is 8.01. The van der Waals surface area contributed by atoms with E-state index >= 15 is 0 Å². The molecule has 0 heterocycles. The summed E-state index contributed by atoms with van der Waals surface area (Å²) >= 11 is 3.55. The minimum Gasteiger partial charge on any atom is -0.385 e. The van der Waals surface area contributed by atoms with Crippen molar-refractivity contribution in [3.05, 3.63) is 0 Å². The van der Waals surface area contributed by atoms with Crippen molar-refractivity contribution < 1.29 is 4.74 Å². The number of methoxy groups -OCH3 is 1. The van der Waals surface area contributed by atoms with Crippen LogP contribution in [0.4, 0.5) is 0 Å². The van der Waals surface area contributed by atoms with Gasteiger partial charge in [0.1, 0.15) is 0 Å². The van der Waals surface area contributed by atoms with Crippen molar-refractivity contribution in [2.75, 3.05) is 27.3 Å². The number of nitrogens with zero attached hydrogens (tertiary/aromatic N) is 1. The van der Waals surface area contributed by atoms with Crippen LogP contribution in [0.5, 0.6) is 0 Å². The average Bonchev–Trinajstić information content (AvgIpc) is 2.10. The molecular weight excluding hydrogens is 230 g/mol. The number of halogens is 1. The van der Waals surface area contributed by atoms with Crippen LogP contribution in [0.1, 0.15) is 26.7 Å². The third-order valence-corrected chi connectivity index (χ3v) is 2.83. The SMILES string of the molecule is COCCC(C)N(C)CCC(C)Br. The molecule has 0 aliphatic rings. The van der Waals surface area contributed by atoms with Crippen molar-refractivity contribution in [1.82, 2.24) is 4.90 Å². The number of alkyl halides is 1. The van der Waals surface area contributed by atoms with Gasteiger partial charge in [-0.25, -0.2) is 0 Å². The fourth-order valence-corrected chi connectivity index (χ4v) is 1.32. The van der Waals surface area contributed by atoms with E-state index in [9.17, 15) is 0 Å². The molecule has 0 aromatic heterocycles. The Morgan fingerprint density at radius 2 is 1.92 bits per heavy atom. The summed E-state index contributed by atoms with van der Waals surface area (Å²) in [5.41, 5.74) is 0. The lowest BCUT2D eigenvalue weighted by molar-refractivity contribution is 0.152. The summed E-state index contributed by atoms with van der Waals surface area (Å²) in [6, 6.07) is 0.617. The first-order valence-electron chi connectivity index (χ1n) is 4.91. The Balaban J connectivity index is 3.50. The third kappa shape index (κ3) is 7.47. The van der Waals surface area contributed by atoms with Crippen LogP contribution < -0.4 is 0 Å². The Hall–Kier alpha value is 0.400. The first-order valence-corrected chi connectivity index (χ1v) is 5.82. The molecule has 2 unspecified atom stereocenters. The molecule has 0 amide bonds. The van der Waals surface area contributed by atoms with E-state index in [1.165, 1.54) is 6.42 Å². The third-order valence-electron chi connectivity index (χ3n) is 2.37. The van der Waals surface area contributed by atoms with E-state index in [1.54, 1.807) is 7.11 Å². The van der Waals surface area contributed by atoms with E-state index in [-0.39, 0.29) is 0 Å². The van der Waals surface area contributed by atoms with Gasteiger partial charge in [0.2, 0.25) is 0 Å². The molecule has 0 N–H and O–H groups in total. The van der Waals surface area contributed by atoms with Crippen LogP contribution in [0, 0.1) is 0 Å². The zero-order valence-electron chi connectivity index (χ0n) is 9.22. The highest BCUT2D eigenvalue weighted by molar-refractivity contribution is 9.09. The molecule has 13 heavy (non-hydrogen) atoms. The van der Waals surface area contributed by atoms with Gasteiger partial charge in [0, 0.05) is 24.6 Å². The van der Waals surface area contributed by atoms with Crippen molar-refractivity contribution in [2.24, 2.45) is 0 Å². The summed E-state index contributed by atoms with van der Waals surface area (Å²) < 4.78 is 5.05. The molecule has 0 fully saturated rings. The standard InChI is InChI=1S/C10H22BrNO/c1-9(11)5-7-12(3)10(2)6-8-13-4/h9-10H,5-8H2,1-4H3. The fourth-order valence-electron chi connectivity index (χ4n) is 1.11. The van der Waals surface area contributed by atoms with Crippen LogP contribution in [0.25, 0.3) is 0 Å². The monoisotopic (exact) mass is 251 g/mol. The molecule has 2 nitrogen and oxygen atoms in total. The van der Waals surface area contributed by atoms with Gasteiger partial charge >= 0.3 is 0 Å². The highest BCUT2D eigenvalue weighted by atomic mass is 79.9. The second-order valence-corrected chi connectivity index (χ2v) is 5.24. The zero-order valence-corrected chi connectivity index (χ0v) is 10.8. The maximum Gasteiger partial charge on any atom is 0.0477 e. The first-order chi connectivity index (χ1) is 6.07. The summed E-state index contributed by atoms with van der Waals surface area (Å²) in [4.78, 5) is 3.00. The van der Waals surface area contributed by atoms with Crippen LogP contribution >= 0.6 is 15.9 Å². The van der Waals surface area contributed by atoms with Gasteiger partial charge in [-0.05, 0) is 33.4 Å². The van der Waals surface area contributed by atoms with Crippen molar-refractivity contribution >= 4 is 15.9 Å². The van der Waals surface area contributed by atoms with E-state index < -0.39 is 0 Å². The lowest BCUT2D eigenvalue weighted by Crippen LogP contribution is -2.31. The van der Waals surface area contributed by atoms with Crippen LogP contribution in [-0.4, -0.2) is 43.1 Å². The number of hydrogen-bond acceptors (Lipinski definition) is 2. The second kappa shape index (κ2) is 7.77. The van der Waals surface area contributed by atoms with Crippen molar-refractivity contribution in [1.29, 1.82) is 0 Å². The second-order valence-electron chi connectivity index (χ2n) is 3.68. The average molecular weight is 252 g/mol. The maximum absolute atomic E-state index is 5.05. The predicted molar refractivity (Wildman–Crippen MR) is 61.6 cm³/mol. The molecule has 0 radical (unpaired) electrons. The minimum atomic E-state index is 0.615. The van der Waals surface area contributed by atoms with Crippen molar-refractivity contribution in [3.8, 4) is 0 Å². The molecule has 0 spiro atoms. The molecule has 0 bridgehead atoms. The van der Waals surface area contributed by atoms with E-state index in [0.717, 1.165) is 19.6 Å². The summed E-state index contributed by atoms with van der Waals surface area (Å²) in [6.07, 6.45) is 2.32. The first kappa shape index (κ1) is 13.4. The Labute approximate surface area is 90.8 Å². The topological polar surface area (TPSA) is 12.5 Å². The maximum atomic E-state index is 5.05. The lowest BCUT2D eigenvalue weighted by atomic mass is 10.2. The van der Waals surface area contributed by atoms with Gasteiger partial charge in [0.25, 0.3) is 0 Å². The van der Waals surface area contributed by atoms with Gasteiger partial charge in [-0.15, -0.1) is 0 Å². The molecule has 0 aliphatic carbocycles. The molecule has 0 aliphatic heterocycles. The summed E-state index contributed by atoms with van der Waals surface area (Å²) in [5, 5.41) is 0. The normalized spacial score (nSPS) is 16.2. The summed E-state index contributed by atoms with van der Waals surface area (Å²) in [5.74, 6) is 0. The van der Waals surface area contributed by atoms with Crippen LogP contribution in [-0.2, 0) is 4.74 Å². The highest BCUT2D eigenvalue weighted by Crippen LogP contribution is 2.07. The van der Waals surface area contributed by atoms with Crippen molar-refractivity contribution in [2.45, 2.75) is 37.6 Å². The van der Waals surface area contributed by atoms with Crippen LogP contribution in [0.3, 0.4) is 0 Å². The number of hydrogen-bond donors (Lipinski definition) is 0. The van der Waals surface area contributed by atoms with Crippen LogP contribution in [0.2, 0.25) is 0 Å². The largest absolute Gasteiger partial charge is 0.385 e. The predicted octanol–water partition coefficient (Wildman–Crippen LogP) is 2.52. The molecule has 80 valence electrons. The molecule has 0 saturated heterocycles. The van der Waals surface area contributed by atoms with Gasteiger partial charge in [0.05, 0.1) is 0 Å². The number of ether oxygens (including phenoxy) is 1. The van der Waals surface area contributed by atoms with Crippen LogP contribution in [0.15, 0.2) is 0 Å². The fraction of sp³-hybridized carbons (Fsp3) is 1.00. The van der Waals surface area contributed by atoms with Crippen molar-refractivity contribution in [3.63, 3.8) is 0 Å². The van der Waals surface area contributed by atoms with Gasteiger partial charge in [-0.2, -0.15) is 0 Å². The molecule has 0 saturated carbocycles. The van der Waals surface area contributed by atoms with E-state index in [1.807, 2.05) is 0 Å².